The molecule has 0 aromatic carbocycles. The highest BCUT2D eigenvalue weighted by Gasteiger charge is 2.64. The maximum absolute atomic E-state index is 12.9. The van der Waals surface area contributed by atoms with E-state index in [2.05, 4.69) is 12.2 Å². The van der Waals surface area contributed by atoms with Crippen molar-refractivity contribution in [2.75, 3.05) is 18.1 Å². The van der Waals surface area contributed by atoms with Crippen molar-refractivity contribution in [2.24, 2.45) is 16.7 Å². The van der Waals surface area contributed by atoms with Crippen LogP contribution in [-0.2, 0) is 14.6 Å². The van der Waals surface area contributed by atoms with Gasteiger partial charge in [0.2, 0.25) is 5.91 Å². The highest BCUT2D eigenvalue weighted by molar-refractivity contribution is 7.91. The molecule has 4 bridgehead atoms. The molecular weight excluding hydrogens is 314 g/mol. The lowest BCUT2D eigenvalue weighted by Gasteiger charge is -2.64. The molecule has 2 N–H and O–H groups in total. The van der Waals surface area contributed by atoms with Gasteiger partial charge >= 0.3 is 0 Å². The van der Waals surface area contributed by atoms with E-state index in [0.29, 0.717) is 12.3 Å². The van der Waals surface area contributed by atoms with Gasteiger partial charge in [0, 0.05) is 12.3 Å². The number of nitrogens with one attached hydrogen (secondary N) is 1. The second kappa shape index (κ2) is 5.45. The van der Waals surface area contributed by atoms with Crippen molar-refractivity contribution in [3.8, 4) is 0 Å². The van der Waals surface area contributed by atoms with Crippen molar-refractivity contribution in [1.29, 1.82) is 0 Å². The highest BCUT2D eigenvalue weighted by atomic mass is 32.2. The Balaban J connectivity index is 1.73. The Morgan fingerprint density at radius 1 is 1.17 bits per heavy atom. The lowest BCUT2D eigenvalue weighted by atomic mass is 9.42. The first-order valence-corrected chi connectivity index (χ1v) is 10.7. The van der Waals surface area contributed by atoms with Gasteiger partial charge in [0.1, 0.15) is 0 Å². The van der Waals surface area contributed by atoms with Crippen molar-refractivity contribution < 1.29 is 18.3 Å². The average Bonchev–Trinajstić information content (AvgIpc) is 2.44. The van der Waals surface area contributed by atoms with Crippen molar-refractivity contribution in [3.63, 3.8) is 0 Å². The fourth-order valence-corrected chi connectivity index (χ4v) is 6.59. The van der Waals surface area contributed by atoms with E-state index in [1.807, 2.05) is 0 Å². The Hall–Kier alpha value is -0.620. The van der Waals surface area contributed by atoms with E-state index >= 15 is 0 Å². The normalized spacial score (nSPS) is 42.0. The summed E-state index contributed by atoms with van der Waals surface area (Å²) in [7, 11) is -3.06. The quantitative estimate of drug-likeness (QED) is 0.768. The summed E-state index contributed by atoms with van der Waals surface area (Å²) in [5, 5.41) is 13.8. The van der Waals surface area contributed by atoms with E-state index in [4.69, 9.17) is 0 Å². The van der Waals surface area contributed by atoms with Gasteiger partial charge in [-0.2, -0.15) is 0 Å². The molecule has 0 radical (unpaired) electrons. The Kier molecular flexibility index (Phi) is 4.08. The van der Waals surface area contributed by atoms with Gasteiger partial charge in [-0.25, -0.2) is 8.42 Å². The monoisotopic (exact) mass is 343 g/mol. The van der Waals surface area contributed by atoms with Crippen LogP contribution < -0.4 is 5.32 Å². The number of hydrogen-bond acceptors (Lipinski definition) is 4. The average molecular weight is 343 g/mol. The maximum atomic E-state index is 12.9. The van der Waals surface area contributed by atoms with Crippen LogP contribution in [0.4, 0.5) is 0 Å². The number of amides is 1. The third-order valence-electron chi connectivity index (χ3n) is 6.52. The van der Waals surface area contributed by atoms with Crippen molar-refractivity contribution in [3.05, 3.63) is 0 Å². The van der Waals surface area contributed by atoms with Crippen molar-refractivity contribution in [2.45, 2.75) is 64.4 Å². The van der Waals surface area contributed by atoms with Crippen LogP contribution in [0.3, 0.4) is 0 Å². The number of hydrogen-bond donors (Lipinski definition) is 2. The molecule has 0 spiro atoms. The molecule has 0 heterocycles. The van der Waals surface area contributed by atoms with E-state index < -0.39 is 20.9 Å². The van der Waals surface area contributed by atoms with Crippen molar-refractivity contribution >= 4 is 15.7 Å². The number of carbonyl (C=O) groups is 1. The van der Waals surface area contributed by atoms with Crippen LogP contribution >= 0.6 is 0 Å². The molecule has 0 aromatic heterocycles. The molecule has 0 unspecified atom stereocenters. The lowest BCUT2D eigenvalue weighted by Crippen LogP contribution is -2.63. The van der Waals surface area contributed by atoms with E-state index in [1.54, 1.807) is 6.92 Å². The SMILES string of the molecule is CC[C@]12C[C@H]3C[C@@](O)(C1)C[C@@](C(=O)NCCS(=O)(=O)CC)(C3)C2. The van der Waals surface area contributed by atoms with Crippen LogP contribution in [0.25, 0.3) is 0 Å². The number of aliphatic hydroxyl groups is 1. The molecule has 0 aromatic rings. The summed E-state index contributed by atoms with van der Waals surface area (Å²) in [5.41, 5.74) is -1.08. The maximum Gasteiger partial charge on any atom is 0.226 e. The summed E-state index contributed by atoms with van der Waals surface area (Å²) in [6, 6.07) is 0. The third-order valence-corrected chi connectivity index (χ3v) is 8.23. The zero-order valence-corrected chi connectivity index (χ0v) is 15.0. The summed E-state index contributed by atoms with van der Waals surface area (Å²) < 4.78 is 23.2. The smallest absolute Gasteiger partial charge is 0.226 e. The molecule has 6 heteroatoms. The van der Waals surface area contributed by atoms with Gasteiger partial charge in [-0.15, -0.1) is 0 Å². The molecule has 4 aliphatic rings. The second-order valence-corrected chi connectivity index (χ2v) is 10.8. The first kappa shape index (κ1) is 17.2. The van der Waals surface area contributed by atoms with Gasteiger partial charge in [0.15, 0.2) is 9.84 Å². The predicted molar refractivity (Wildman–Crippen MR) is 88.6 cm³/mol. The minimum Gasteiger partial charge on any atom is -0.390 e. The zero-order valence-electron chi connectivity index (χ0n) is 14.2. The molecule has 1 amide bonds. The Morgan fingerprint density at radius 3 is 2.52 bits per heavy atom. The summed E-state index contributed by atoms with van der Waals surface area (Å²) in [6.07, 6.45) is 6.03. The molecule has 4 saturated carbocycles. The summed E-state index contributed by atoms with van der Waals surface area (Å²) in [6.45, 7) is 3.96. The standard InChI is InChI=1S/C17H29NO4S/c1-3-15-7-13-8-16(10-15,12-17(20,9-13)11-15)14(19)18-5-6-23(21,22)4-2/h13,20H,3-12H2,1-2H3,(H,18,19)/t13-,15-,16-,17-/m1/s1. The lowest BCUT2D eigenvalue weighted by molar-refractivity contribution is -0.204. The minimum absolute atomic E-state index is 0.00205. The van der Waals surface area contributed by atoms with Crippen molar-refractivity contribution in [1.82, 2.24) is 5.32 Å². The van der Waals surface area contributed by atoms with Crippen LogP contribution in [-0.4, -0.2) is 43.1 Å². The van der Waals surface area contributed by atoms with E-state index in [1.165, 1.54) is 0 Å². The van der Waals surface area contributed by atoms with Crippen LogP contribution in [0, 0.1) is 16.7 Å². The molecule has 4 rings (SSSR count). The van der Waals surface area contributed by atoms with Gasteiger partial charge in [-0.3, -0.25) is 4.79 Å². The molecule has 4 atom stereocenters. The molecule has 5 nitrogen and oxygen atoms in total. The number of rotatable bonds is 6. The fourth-order valence-electron chi connectivity index (χ4n) is 5.88. The van der Waals surface area contributed by atoms with Crippen LogP contribution in [0.5, 0.6) is 0 Å². The van der Waals surface area contributed by atoms with E-state index in [0.717, 1.165) is 38.5 Å². The largest absolute Gasteiger partial charge is 0.390 e. The van der Waals surface area contributed by atoms with E-state index in [9.17, 15) is 18.3 Å². The summed E-state index contributed by atoms with van der Waals surface area (Å²) in [4.78, 5) is 12.9. The molecule has 132 valence electrons. The molecule has 0 aliphatic heterocycles. The molecule has 4 aliphatic carbocycles. The first-order valence-electron chi connectivity index (χ1n) is 8.87. The van der Waals surface area contributed by atoms with Crippen LogP contribution in [0.2, 0.25) is 0 Å². The number of sulfone groups is 1. The Bertz CT molecular complexity index is 604. The van der Waals surface area contributed by atoms with Gasteiger partial charge in [0.25, 0.3) is 0 Å². The predicted octanol–water partition coefficient (Wildman–Crippen LogP) is 1.65. The number of carbonyl (C=O) groups excluding carboxylic acids is 1. The van der Waals surface area contributed by atoms with Crippen LogP contribution in [0.1, 0.15) is 58.8 Å². The summed E-state index contributed by atoms with van der Waals surface area (Å²) >= 11 is 0. The first-order chi connectivity index (χ1) is 10.7. The van der Waals surface area contributed by atoms with Crippen LogP contribution in [0.15, 0.2) is 0 Å². The van der Waals surface area contributed by atoms with Gasteiger partial charge < -0.3 is 10.4 Å². The summed E-state index contributed by atoms with van der Waals surface area (Å²) in [5.74, 6) is 0.498. The van der Waals surface area contributed by atoms with Gasteiger partial charge in [-0.05, 0) is 49.9 Å². The molecule has 0 saturated heterocycles. The van der Waals surface area contributed by atoms with Gasteiger partial charge in [0.05, 0.1) is 16.8 Å². The molecule has 4 fully saturated rings. The molecule has 23 heavy (non-hydrogen) atoms. The Morgan fingerprint density at radius 2 is 1.91 bits per heavy atom. The zero-order chi connectivity index (χ0) is 16.9. The highest BCUT2D eigenvalue weighted by Crippen LogP contribution is 2.67. The van der Waals surface area contributed by atoms with Gasteiger partial charge in [-0.1, -0.05) is 20.3 Å². The second-order valence-electron chi connectivity index (χ2n) is 8.36. The third kappa shape index (κ3) is 3.04. The Labute approximate surface area is 139 Å². The topological polar surface area (TPSA) is 83.5 Å². The van der Waals surface area contributed by atoms with E-state index in [-0.39, 0.29) is 29.4 Å². The minimum atomic E-state index is -3.06. The molecular formula is C17H29NO4S. The fraction of sp³-hybridized carbons (Fsp3) is 0.941.